The Labute approximate surface area is 139 Å². The van der Waals surface area contributed by atoms with E-state index < -0.39 is 29.3 Å². The first-order valence-electron chi connectivity index (χ1n) is 6.76. The zero-order chi connectivity index (χ0) is 17.7. The molecule has 0 bridgehead atoms. The summed E-state index contributed by atoms with van der Waals surface area (Å²) < 4.78 is 63.9. The number of rotatable bonds is 5. The van der Waals surface area contributed by atoms with Crippen LogP contribution in [0.3, 0.4) is 0 Å². The molecule has 0 saturated heterocycles. The van der Waals surface area contributed by atoms with Crippen LogP contribution in [0.1, 0.15) is 11.1 Å². The van der Waals surface area contributed by atoms with Crippen LogP contribution in [0.2, 0.25) is 0 Å². The Morgan fingerprint density at radius 3 is 2.50 bits per heavy atom. The molecule has 1 N–H and O–H groups in total. The minimum absolute atomic E-state index is 0.0742. The summed E-state index contributed by atoms with van der Waals surface area (Å²) in [6.07, 6.45) is -4.45. The number of carbonyl (C=O) groups excluding carboxylic acids is 1. The number of nitrogens with one attached hydrogen (secondary N) is 1. The molecule has 128 valence electrons. The van der Waals surface area contributed by atoms with Crippen molar-refractivity contribution >= 4 is 17.7 Å². The summed E-state index contributed by atoms with van der Waals surface area (Å²) in [6, 6.07) is 7.62. The van der Waals surface area contributed by atoms with Crippen LogP contribution in [-0.4, -0.2) is 11.7 Å². The molecule has 0 fully saturated rings. The molecule has 0 aromatic heterocycles. The lowest BCUT2D eigenvalue weighted by Gasteiger charge is -2.09. The molecule has 0 aliphatic carbocycles. The van der Waals surface area contributed by atoms with Crippen LogP contribution in [-0.2, 0) is 17.5 Å². The van der Waals surface area contributed by atoms with Gasteiger partial charge in [-0.05, 0) is 29.8 Å². The minimum atomic E-state index is -4.45. The van der Waals surface area contributed by atoms with E-state index in [2.05, 4.69) is 5.32 Å². The predicted molar refractivity (Wildman–Crippen MR) is 80.4 cm³/mol. The Kier molecular flexibility index (Phi) is 5.82. The number of hydrogen-bond donors (Lipinski definition) is 1. The molecular formula is C16H12F5NOS. The lowest BCUT2D eigenvalue weighted by atomic mass is 10.1. The van der Waals surface area contributed by atoms with E-state index in [1.807, 2.05) is 0 Å². The summed E-state index contributed by atoms with van der Waals surface area (Å²) in [4.78, 5) is 11.8. The molecule has 0 aliphatic heterocycles. The van der Waals surface area contributed by atoms with Crippen LogP contribution < -0.4 is 5.32 Å². The van der Waals surface area contributed by atoms with Crippen LogP contribution >= 0.6 is 11.8 Å². The van der Waals surface area contributed by atoms with Gasteiger partial charge in [-0.2, -0.15) is 13.2 Å². The summed E-state index contributed by atoms with van der Waals surface area (Å²) in [6.45, 7) is -0.0742. The van der Waals surface area contributed by atoms with Gasteiger partial charge in [-0.1, -0.05) is 12.1 Å². The normalized spacial score (nSPS) is 11.4. The molecule has 0 heterocycles. The largest absolute Gasteiger partial charge is 0.416 e. The quantitative estimate of drug-likeness (QED) is 0.632. The highest BCUT2D eigenvalue weighted by Crippen LogP contribution is 2.29. The fourth-order valence-electron chi connectivity index (χ4n) is 1.84. The third-order valence-electron chi connectivity index (χ3n) is 3.00. The number of thioether (sulfide) groups is 1. The highest BCUT2D eigenvalue weighted by molar-refractivity contribution is 8.00. The van der Waals surface area contributed by atoms with Crippen molar-refractivity contribution in [3.05, 3.63) is 65.2 Å². The van der Waals surface area contributed by atoms with Gasteiger partial charge in [-0.25, -0.2) is 8.78 Å². The number of alkyl halides is 3. The van der Waals surface area contributed by atoms with Gasteiger partial charge >= 0.3 is 6.18 Å². The van der Waals surface area contributed by atoms with Crippen molar-refractivity contribution in [2.45, 2.75) is 17.6 Å². The van der Waals surface area contributed by atoms with Gasteiger partial charge in [0.05, 0.1) is 11.3 Å². The number of halogens is 5. The standard InChI is InChI=1S/C16H12F5NOS/c17-12-4-5-14(13(18)7-12)24-9-15(23)22-8-10-2-1-3-11(6-10)16(19,20)21/h1-7H,8-9H2,(H,22,23). The Morgan fingerprint density at radius 1 is 1.08 bits per heavy atom. The highest BCUT2D eigenvalue weighted by Gasteiger charge is 2.30. The summed E-state index contributed by atoms with van der Waals surface area (Å²) >= 11 is 0.873. The van der Waals surface area contributed by atoms with Gasteiger partial charge in [-0.3, -0.25) is 4.79 Å². The maximum Gasteiger partial charge on any atom is 0.416 e. The summed E-state index contributed by atoms with van der Waals surface area (Å²) in [5.41, 5.74) is -0.492. The first-order chi connectivity index (χ1) is 11.3. The molecular weight excluding hydrogens is 349 g/mol. The van der Waals surface area contributed by atoms with Gasteiger partial charge in [0, 0.05) is 17.5 Å². The lowest BCUT2D eigenvalue weighted by Crippen LogP contribution is -2.24. The first-order valence-corrected chi connectivity index (χ1v) is 7.75. The van der Waals surface area contributed by atoms with Crippen LogP contribution in [0, 0.1) is 11.6 Å². The SMILES string of the molecule is O=C(CSc1ccc(F)cc1F)NCc1cccc(C(F)(F)F)c1. The molecule has 2 nitrogen and oxygen atoms in total. The topological polar surface area (TPSA) is 29.1 Å². The van der Waals surface area contributed by atoms with Crippen LogP contribution in [0.25, 0.3) is 0 Å². The molecule has 0 spiro atoms. The Balaban J connectivity index is 1.87. The van der Waals surface area contributed by atoms with Crippen molar-refractivity contribution < 1.29 is 26.7 Å². The third-order valence-corrected chi connectivity index (χ3v) is 4.05. The van der Waals surface area contributed by atoms with E-state index in [4.69, 9.17) is 0 Å². The van der Waals surface area contributed by atoms with E-state index in [0.717, 1.165) is 30.0 Å². The monoisotopic (exact) mass is 361 g/mol. The van der Waals surface area contributed by atoms with Gasteiger partial charge in [0.25, 0.3) is 0 Å². The average molecular weight is 361 g/mol. The zero-order valence-corrected chi connectivity index (χ0v) is 13.0. The minimum Gasteiger partial charge on any atom is -0.351 e. The van der Waals surface area contributed by atoms with Gasteiger partial charge in [0.15, 0.2) is 0 Å². The van der Waals surface area contributed by atoms with Crippen molar-refractivity contribution in [3.63, 3.8) is 0 Å². The van der Waals surface area contributed by atoms with E-state index in [9.17, 15) is 26.7 Å². The van der Waals surface area contributed by atoms with Crippen LogP contribution in [0.4, 0.5) is 22.0 Å². The zero-order valence-electron chi connectivity index (χ0n) is 12.2. The molecule has 0 radical (unpaired) electrons. The lowest BCUT2D eigenvalue weighted by molar-refractivity contribution is -0.137. The second kappa shape index (κ2) is 7.65. The molecule has 0 aliphatic rings. The third kappa shape index (κ3) is 5.23. The molecule has 0 saturated carbocycles. The highest BCUT2D eigenvalue weighted by atomic mass is 32.2. The molecule has 24 heavy (non-hydrogen) atoms. The van der Waals surface area contributed by atoms with E-state index in [1.54, 1.807) is 0 Å². The van der Waals surface area contributed by atoms with Crippen molar-refractivity contribution in [2.75, 3.05) is 5.75 Å². The fourth-order valence-corrected chi connectivity index (χ4v) is 2.59. The van der Waals surface area contributed by atoms with E-state index in [-0.39, 0.29) is 17.2 Å². The van der Waals surface area contributed by atoms with Gasteiger partial charge in [0.1, 0.15) is 11.6 Å². The molecule has 2 aromatic rings. The van der Waals surface area contributed by atoms with Crippen molar-refractivity contribution in [1.29, 1.82) is 0 Å². The van der Waals surface area contributed by atoms with Crippen LogP contribution in [0.5, 0.6) is 0 Å². The van der Waals surface area contributed by atoms with Gasteiger partial charge in [-0.15, -0.1) is 11.8 Å². The van der Waals surface area contributed by atoms with Crippen molar-refractivity contribution in [1.82, 2.24) is 5.32 Å². The second-order valence-electron chi connectivity index (χ2n) is 4.84. The fraction of sp³-hybridized carbons (Fsp3) is 0.188. The van der Waals surface area contributed by atoms with Gasteiger partial charge < -0.3 is 5.32 Å². The van der Waals surface area contributed by atoms with Crippen molar-refractivity contribution in [2.24, 2.45) is 0 Å². The number of benzene rings is 2. The van der Waals surface area contributed by atoms with E-state index in [0.29, 0.717) is 11.6 Å². The number of amides is 1. The van der Waals surface area contributed by atoms with Crippen molar-refractivity contribution in [3.8, 4) is 0 Å². The Bertz CT molecular complexity index is 733. The molecule has 0 atom stereocenters. The van der Waals surface area contributed by atoms with E-state index in [1.165, 1.54) is 18.2 Å². The van der Waals surface area contributed by atoms with E-state index >= 15 is 0 Å². The first kappa shape index (κ1) is 18.3. The number of carbonyl (C=O) groups is 1. The molecule has 2 aromatic carbocycles. The summed E-state index contributed by atoms with van der Waals surface area (Å²) in [7, 11) is 0. The maximum atomic E-state index is 13.4. The molecule has 0 unspecified atom stereocenters. The molecule has 1 amide bonds. The molecule has 2 rings (SSSR count). The summed E-state index contributed by atoms with van der Waals surface area (Å²) in [5.74, 6) is -2.10. The van der Waals surface area contributed by atoms with Gasteiger partial charge in [0.2, 0.25) is 5.91 Å². The Hall–Kier alpha value is -2.09. The molecule has 8 heteroatoms. The predicted octanol–water partition coefficient (Wildman–Crippen LogP) is 4.39. The van der Waals surface area contributed by atoms with Crippen LogP contribution in [0.15, 0.2) is 47.4 Å². The number of hydrogen-bond acceptors (Lipinski definition) is 2. The summed E-state index contributed by atoms with van der Waals surface area (Å²) in [5, 5.41) is 2.46. The maximum absolute atomic E-state index is 13.4. The Morgan fingerprint density at radius 2 is 1.83 bits per heavy atom. The average Bonchev–Trinajstić information content (AvgIpc) is 2.51. The smallest absolute Gasteiger partial charge is 0.351 e. The second-order valence-corrected chi connectivity index (χ2v) is 5.86.